The van der Waals surface area contributed by atoms with Crippen LogP contribution in [0.4, 0.5) is 0 Å². The summed E-state index contributed by atoms with van der Waals surface area (Å²) in [5, 5.41) is 0. The van der Waals surface area contributed by atoms with Crippen LogP contribution in [0, 0.1) is 0 Å². The Kier molecular flexibility index (Phi) is 8.25. The molecule has 35 heavy (non-hydrogen) atoms. The van der Waals surface area contributed by atoms with Gasteiger partial charge in [0.15, 0.2) is 0 Å². The largest absolute Gasteiger partial charge is 0.379 e. The molecule has 0 spiro atoms. The number of carbonyl (C=O) groups excluding carboxylic acids is 3. The van der Waals surface area contributed by atoms with Crippen molar-refractivity contribution in [2.24, 2.45) is 0 Å². The summed E-state index contributed by atoms with van der Waals surface area (Å²) in [5.74, 6) is -0.652. The quantitative estimate of drug-likeness (QED) is 0.485. The molecule has 0 saturated carbocycles. The molecule has 2 aliphatic rings. The summed E-state index contributed by atoms with van der Waals surface area (Å²) in [6, 6.07) is 14.9. The van der Waals surface area contributed by atoms with Gasteiger partial charge in [0, 0.05) is 70.9 Å². The highest BCUT2D eigenvalue weighted by Crippen LogP contribution is 2.40. The highest BCUT2D eigenvalue weighted by molar-refractivity contribution is 6.10. The monoisotopic (exact) mass is 478 g/mol. The number of imide groups is 1. The van der Waals surface area contributed by atoms with Crippen LogP contribution >= 0.6 is 0 Å². The first kappa shape index (κ1) is 25.0. The van der Waals surface area contributed by atoms with E-state index < -0.39 is 5.41 Å². The third kappa shape index (κ3) is 5.94. The van der Waals surface area contributed by atoms with E-state index in [1.807, 2.05) is 48.5 Å². The number of hydrogen-bond acceptors (Lipinski definition) is 6. The molecule has 2 saturated heterocycles. The first-order valence-corrected chi connectivity index (χ1v) is 12.3. The third-order valence-electron chi connectivity index (χ3n) is 7.00. The fourth-order valence-electron chi connectivity index (χ4n) is 4.90. The Morgan fingerprint density at radius 2 is 1.80 bits per heavy atom. The molecule has 0 aliphatic carbocycles. The van der Waals surface area contributed by atoms with Gasteiger partial charge < -0.3 is 9.64 Å². The summed E-state index contributed by atoms with van der Waals surface area (Å²) in [7, 11) is 1.78. The zero-order valence-corrected chi connectivity index (χ0v) is 20.4. The van der Waals surface area contributed by atoms with Gasteiger partial charge >= 0.3 is 0 Å². The van der Waals surface area contributed by atoms with E-state index in [1.54, 1.807) is 18.1 Å². The van der Waals surface area contributed by atoms with E-state index in [9.17, 15) is 14.4 Å². The zero-order valence-electron chi connectivity index (χ0n) is 20.4. The van der Waals surface area contributed by atoms with E-state index in [0.29, 0.717) is 18.5 Å². The summed E-state index contributed by atoms with van der Waals surface area (Å²) in [4.78, 5) is 49.7. The SMILES string of the molecule is CN(CCCN1CCOCC1)C(=O)CC1(c2ccccc2)CC(=O)N(CCc2ccccn2)C1=O. The minimum absolute atomic E-state index is 0.00538. The van der Waals surface area contributed by atoms with Crippen LogP contribution in [0.5, 0.6) is 0 Å². The first-order valence-electron chi connectivity index (χ1n) is 12.3. The Hall–Kier alpha value is -3.10. The Bertz CT molecular complexity index is 1010. The van der Waals surface area contributed by atoms with E-state index in [2.05, 4.69) is 9.88 Å². The lowest BCUT2D eigenvalue weighted by Gasteiger charge is -2.30. The van der Waals surface area contributed by atoms with Gasteiger partial charge in [0.25, 0.3) is 0 Å². The number of morpholine rings is 1. The van der Waals surface area contributed by atoms with Crippen LogP contribution in [0.2, 0.25) is 0 Å². The molecule has 8 heteroatoms. The number of ether oxygens (including phenoxy) is 1. The zero-order chi connectivity index (χ0) is 24.7. The molecule has 4 rings (SSSR count). The fourth-order valence-corrected chi connectivity index (χ4v) is 4.90. The number of benzene rings is 1. The van der Waals surface area contributed by atoms with E-state index in [-0.39, 0.29) is 37.1 Å². The van der Waals surface area contributed by atoms with E-state index in [4.69, 9.17) is 4.74 Å². The molecule has 2 fully saturated rings. The second-order valence-corrected chi connectivity index (χ2v) is 9.35. The standard InChI is InChI=1S/C27H34N4O4/c1-29(13-7-14-30-16-18-35-19-17-30)24(32)20-27(22-8-3-2-4-9-22)21-25(33)31(26(27)34)15-11-23-10-5-6-12-28-23/h2-6,8-10,12H,7,11,13-21H2,1H3. The highest BCUT2D eigenvalue weighted by atomic mass is 16.5. The Morgan fingerprint density at radius 3 is 2.51 bits per heavy atom. The van der Waals surface area contributed by atoms with Crippen LogP contribution in [0.15, 0.2) is 54.7 Å². The molecule has 3 amide bonds. The second kappa shape index (κ2) is 11.6. The molecule has 1 unspecified atom stereocenters. The molecule has 3 heterocycles. The Labute approximate surface area is 206 Å². The van der Waals surface area contributed by atoms with Crippen LogP contribution < -0.4 is 0 Å². The van der Waals surface area contributed by atoms with Gasteiger partial charge in [0.1, 0.15) is 0 Å². The van der Waals surface area contributed by atoms with Gasteiger partial charge in [0.05, 0.1) is 18.6 Å². The fraction of sp³-hybridized carbons (Fsp3) is 0.481. The predicted molar refractivity (Wildman–Crippen MR) is 132 cm³/mol. The van der Waals surface area contributed by atoms with Crippen molar-refractivity contribution >= 4 is 17.7 Å². The maximum atomic E-state index is 13.7. The molecule has 0 bridgehead atoms. The average molecular weight is 479 g/mol. The van der Waals surface area contributed by atoms with E-state index in [1.165, 1.54) is 4.90 Å². The van der Waals surface area contributed by atoms with Crippen LogP contribution in [-0.2, 0) is 31.0 Å². The summed E-state index contributed by atoms with van der Waals surface area (Å²) < 4.78 is 5.39. The number of aromatic nitrogens is 1. The van der Waals surface area contributed by atoms with Gasteiger partial charge in [-0.05, 0) is 24.1 Å². The van der Waals surface area contributed by atoms with Gasteiger partial charge in [-0.25, -0.2) is 0 Å². The van der Waals surface area contributed by atoms with Gasteiger partial charge in [-0.1, -0.05) is 36.4 Å². The maximum Gasteiger partial charge on any atom is 0.240 e. The highest BCUT2D eigenvalue weighted by Gasteiger charge is 2.53. The van der Waals surface area contributed by atoms with Gasteiger partial charge in [-0.3, -0.25) is 29.2 Å². The molecule has 1 aromatic heterocycles. The van der Waals surface area contributed by atoms with Crippen molar-refractivity contribution in [3.05, 3.63) is 66.0 Å². The average Bonchev–Trinajstić information content (AvgIpc) is 3.13. The molecule has 2 aliphatic heterocycles. The lowest BCUT2D eigenvalue weighted by Crippen LogP contribution is -2.43. The Balaban J connectivity index is 1.44. The van der Waals surface area contributed by atoms with Crippen molar-refractivity contribution in [3.8, 4) is 0 Å². The second-order valence-electron chi connectivity index (χ2n) is 9.35. The van der Waals surface area contributed by atoms with Crippen molar-refractivity contribution in [3.63, 3.8) is 0 Å². The normalized spacial score (nSPS) is 20.9. The molecule has 1 aromatic carbocycles. The molecular weight excluding hydrogens is 444 g/mol. The van der Waals surface area contributed by atoms with Crippen molar-refractivity contribution in [1.29, 1.82) is 0 Å². The molecule has 1 atom stereocenters. The minimum atomic E-state index is -1.17. The van der Waals surface area contributed by atoms with Crippen LogP contribution in [0.3, 0.4) is 0 Å². The van der Waals surface area contributed by atoms with E-state index >= 15 is 0 Å². The molecule has 2 aromatic rings. The number of rotatable bonds is 10. The molecule has 8 nitrogen and oxygen atoms in total. The predicted octanol–water partition coefficient (Wildman–Crippen LogP) is 1.89. The smallest absolute Gasteiger partial charge is 0.240 e. The van der Waals surface area contributed by atoms with Gasteiger partial charge in [0.2, 0.25) is 17.7 Å². The maximum absolute atomic E-state index is 13.7. The van der Waals surface area contributed by atoms with Crippen molar-refractivity contribution in [1.82, 2.24) is 19.7 Å². The summed E-state index contributed by atoms with van der Waals surface area (Å²) in [5.41, 5.74) is 0.369. The number of carbonyl (C=O) groups is 3. The number of amides is 3. The van der Waals surface area contributed by atoms with Crippen LogP contribution in [-0.4, -0.2) is 90.4 Å². The molecule has 0 N–H and O–H groups in total. The van der Waals surface area contributed by atoms with Crippen LogP contribution in [0.1, 0.15) is 30.5 Å². The number of pyridine rings is 1. The van der Waals surface area contributed by atoms with Crippen molar-refractivity contribution < 1.29 is 19.1 Å². The number of hydrogen-bond donors (Lipinski definition) is 0. The first-order chi connectivity index (χ1) is 17.0. The summed E-state index contributed by atoms with van der Waals surface area (Å²) in [6.45, 7) is 5.10. The minimum Gasteiger partial charge on any atom is -0.379 e. The molecule has 186 valence electrons. The third-order valence-corrected chi connectivity index (χ3v) is 7.00. The lowest BCUT2D eigenvalue weighted by molar-refractivity contribution is -0.142. The van der Waals surface area contributed by atoms with Crippen molar-refractivity contribution in [2.75, 3.05) is 53.0 Å². The molecular formula is C27H34N4O4. The van der Waals surface area contributed by atoms with Crippen LogP contribution in [0.25, 0.3) is 0 Å². The topological polar surface area (TPSA) is 83.1 Å². The van der Waals surface area contributed by atoms with E-state index in [0.717, 1.165) is 45.0 Å². The number of nitrogens with zero attached hydrogens (tertiary/aromatic N) is 4. The lowest BCUT2D eigenvalue weighted by atomic mass is 9.75. The number of likely N-dealkylation sites (tertiary alicyclic amines) is 1. The Morgan fingerprint density at radius 1 is 1.06 bits per heavy atom. The summed E-state index contributed by atoms with van der Waals surface area (Å²) >= 11 is 0. The van der Waals surface area contributed by atoms with Crippen molar-refractivity contribution in [2.45, 2.75) is 31.1 Å². The van der Waals surface area contributed by atoms with Gasteiger partial charge in [-0.2, -0.15) is 0 Å². The molecule has 0 radical (unpaired) electrons. The van der Waals surface area contributed by atoms with Gasteiger partial charge in [-0.15, -0.1) is 0 Å². The summed E-state index contributed by atoms with van der Waals surface area (Å²) in [6.07, 6.45) is 3.02.